The lowest BCUT2D eigenvalue weighted by Gasteiger charge is -2.25. The largest absolute Gasteiger partial charge is 0.367 e. The van der Waals surface area contributed by atoms with E-state index < -0.39 is 0 Å². The molecular formula is C11H19BrN6. The Hall–Kier alpha value is -0.920. The van der Waals surface area contributed by atoms with Gasteiger partial charge in [-0.2, -0.15) is 4.98 Å². The van der Waals surface area contributed by atoms with Crippen molar-refractivity contribution in [1.29, 1.82) is 0 Å². The Morgan fingerprint density at radius 3 is 2.94 bits per heavy atom. The predicted molar refractivity (Wildman–Crippen MR) is 76.3 cm³/mol. The van der Waals surface area contributed by atoms with Gasteiger partial charge in [-0.15, -0.1) is 0 Å². The minimum absolute atomic E-state index is 0.406. The maximum atomic E-state index is 5.29. The Labute approximate surface area is 115 Å². The summed E-state index contributed by atoms with van der Waals surface area (Å²) in [6.07, 6.45) is 4.32. The first-order valence-electron chi connectivity index (χ1n) is 6.06. The third kappa shape index (κ3) is 3.30. The van der Waals surface area contributed by atoms with Crippen molar-refractivity contribution in [2.75, 3.05) is 24.3 Å². The molecule has 1 aliphatic carbocycles. The minimum atomic E-state index is 0.406. The van der Waals surface area contributed by atoms with Crippen LogP contribution in [0.3, 0.4) is 0 Å². The smallest absolute Gasteiger partial charge is 0.239 e. The van der Waals surface area contributed by atoms with Gasteiger partial charge in [-0.05, 0) is 42.7 Å². The molecule has 1 aliphatic rings. The highest BCUT2D eigenvalue weighted by atomic mass is 79.9. The average molecular weight is 315 g/mol. The lowest BCUT2D eigenvalue weighted by Crippen LogP contribution is -2.36. The lowest BCUT2D eigenvalue weighted by atomic mass is 10.3. The van der Waals surface area contributed by atoms with Gasteiger partial charge in [0.1, 0.15) is 5.82 Å². The van der Waals surface area contributed by atoms with Crippen LogP contribution in [0.25, 0.3) is 0 Å². The molecule has 0 radical (unpaired) electrons. The fourth-order valence-corrected chi connectivity index (χ4v) is 2.12. The zero-order valence-electron chi connectivity index (χ0n) is 10.7. The molecule has 7 heteroatoms. The molecule has 0 aromatic carbocycles. The highest BCUT2D eigenvalue weighted by Gasteiger charge is 2.28. The summed E-state index contributed by atoms with van der Waals surface area (Å²) in [5, 5.41) is 3.32. The van der Waals surface area contributed by atoms with Crippen LogP contribution < -0.4 is 16.6 Å². The number of nitrogens with zero attached hydrogens (tertiary/aromatic N) is 3. The van der Waals surface area contributed by atoms with Crippen LogP contribution in [0.15, 0.2) is 10.7 Å². The van der Waals surface area contributed by atoms with Crippen molar-refractivity contribution in [3.05, 3.63) is 10.7 Å². The summed E-state index contributed by atoms with van der Waals surface area (Å²) >= 11 is 3.42. The highest BCUT2D eigenvalue weighted by molar-refractivity contribution is 9.10. The molecule has 0 aliphatic heterocycles. The van der Waals surface area contributed by atoms with Crippen LogP contribution in [0.4, 0.5) is 11.8 Å². The first-order valence-corrected chi connectivity index (χ1v) is 6.86. The fraction of sp³-hybridized carbons (Fsp3) is 0.636. The van der Waals surface area contributed by atoms with Crippen LogP contribution in [-0.4, -0.2) is 40.5 Å². The summed E-state index contributed by atoms with van der Waals surface area (Å²) in [7, 11) is 2.17. The molecule has 1 atom stereocenters. The van der Waals surface area contributed by atoms with E-state index in [4.69, 9.17) is 5.84 Å². The van der Waals surface area contributed by atoms with Crippen molar-refractivity contribution in [1.82, 2.24) is 14.9 Å². The predicted octanol–water partition coefficient (Wildman–Crippen LogP) is 1.42. The molecule has 100 valence electrons. The zero-order valence-corrected chi connectivity index (χ0v) is 12.2. The maximum absolute atomic E-state index is 5.29. The number of nitrogens with one attached hydrogen (secondary N) is 2. The zero-order chi connectivity index (χ0) is 13.1. The van der Waals surface area contributed by atoms with Crippen molar-refractivity contribution < 1.29 is 0 Å². The molecule has 2 rings (SSSR count). The van der Waals surface area contributed by atoms with Gasteiger partial charge in [0.25, 0.3) is 0 Å². The van der Waals surface area contributed by atoms with Crippen molar-refractivity contribution >= 4 is 27.7 Å². The van der Waals surface area contributed by atoms with Gasteiger partial charge in [-0.1, -0.05) is 0 Å². The van der Waals surface area contributed by atoms with Crippen LogP contribution >= 0.6 is 15.9 Å². The molecule has 0 bridgehead atoms. The number of nitrogens with two attached hydrogens (primary N) is 1. The normalized spacial score (nSPS) is 16.7. The maximum Gasteiger partial charge on any atom is 0.239 e. The molecular weight excluding hydrogens is 296 g/mol. The first-order chi connectivity index (χ1) is 8.61. The number of rotatable bonds is 6. The number of hydrogen-bond donors (Lipinski definition) is 3. The summed E-state index contributed by atoms with van der Waals surface area (Å²) in [5.41, 5.74) is 2.44. The van der Waals surface area contributed by atoms with Gasteiger partial charge in [0.05, 0.1) is 4.47 Å². The van der Waals surface area contributed by atoms with Gasteiger partial charge >= 0.3 is 0 Å². The molecule has 6 nitrogen and oxygen atoms in total. The van der Waals surface area contributed by atoms with Gasteiger partial charge in [0, 0.05) is 24.8 Å². The SMILES string of the molecule is CC(CNc1nc(NN)ncc1Br)N(C)C1CC1. The standard InChI is InChI=1S/C11H19BrN6/c1-7(18(2)8-3-4-8)5-14-10-9(12)6-15-11(16-10)17-13/h6-8H,3-5,13H2,1-2H3,(H2,14,15,16,17). The van der Waals surface area contributed by atoms with Crippen molar-refractivity contribution in [2.45, 2.75) is 31.8 Å². The van der Waals surface area contributed by atoms with Crippen molar-refractivity contribution in [3.8, 4) is 0 Å². The number of aromatic nitrogens is 2. The van der Waals surface area contributed by atoms with Crippen LogP contribution in [-0.2, 0) is 0 Å². The number of anilines is 2. The summed E-state index contributed by atoms with van der Waals surface area (Å²) in [6, 6.07) is 1.23. The Morgan fingerprint density at radius 1 is 1.61 bits per heavy atom. The molecule has 0 amide bonds. The Bertz CT molecular complexity index is 409. The molecule has 1 heterocycles. The van der Waals surface area contributed by atoms with E-state index in [1.807, 2.05) is 0 Å². The molecule has 0 saturated heterocycles. The number of nitrogen functional groups attached to an aromatic ring is 1. The highest BCUT2D eigenvalue weighted by Crippen LogP contribution is 2.27. The van der Waals surface area contributed by atoms with E-state index in [0.29, 0.717) is 12.0 Å². The molecule has 18 heavy (non-hydrogen) atoms. The molecule has 1 unspecified atom stereocenters. The third-order valence-electron chi connectivity index (χ3n) is 3.26. The molecule has 0 spiro atoms. The van der Waals surface area contributed by atoms with Gasteiger partial charge in [0.15, 0.2) is 0 Å². The Morgan fingerprint density at radius 2 is 2.33 bits per heavy atom. The van der Waals surface area contributed by atoms with E-state index >= 15 is 0 Å². The van der Waals surface area contributed by atoms with Gasteiger partial charge < -0.3 is 5.32 Å². The number of likely N-dealkylation sites (N-methyl/N-ethyl adjacent to an activating group) is 1. The van der Waals surface area contributed by atoms with Gasteiger partial charge in [-0.25, -0.2) is 10.8 Å². The fourth-order valence-electron chi connectivity index (χ4n) is 1.79. The average Bonchev–Trinajstić information content (AvgIpc) is 3.20. The number of hydrazine groups is 1. The molecule has 1 aromatic heterocycles. The van der Waals surface area contributed by atoms with Crippen LogP contribution in [0.2, 0.25) is 0 Å². The van der Waals surface area contributed by atoms with E-state index in [2.05, 4.69) is 55.5 Å². The molecule has 1 saturated carbocycles. The van der Waals surface area contributed by atoms with E-state index in [-0.39, 0.29) is 0 Å². The third-order valence-corrected chi connectivity index (χ3v) is 3.84. The van der Waals surface area contributed by atoms with Gasteiger partial charge in [-0.3, -0.25) is 10.3 Å². The van der Waals surface area contributed by atoms with E-state index in [9.17, 15) is 0 Å². The van der Waals surface area contributed by atoms with Crippen LogP contribution in [0.1, 0.15) is 19.8 Å². The van der Waals surface area contributed by atoms with E-state index in [0.717, 1.165) is 22.9 Å². The summed E-state index contributed by atoms with van der Waals surface area (Å²) < 4.78 is 0.836. The van der Waals surface area contributed by atoms with Crippen molar-refractivity contribution in [3.63, 3.8) is 0 Å². The molecule has 1 aromatic rings. The topological polar surface area (TPSA) is 79.1 Å². The minimum Gasteiger partial charge on any atom is -0.367 e. The van der Waals surface area contributed by atoms with E-state index in [1.165, 1.54) is 12.8 Å². The Kier molecular flexibility index (Phi) is 4.36. The van der Waals surface area contributed by atoms with Crippen molar-refractivity contribution in [2.24, 2.45) is 5.84 Å². The second-order valence-corrected chi connectivity index (χ2v) is 5.52. The molecule has 4 N–H and O–H groups in total. The summed E-state index contributed by atoms with van der Waals surface area (Å²) in [6.45, 7) is 3.05. The monoisotopic (exact) mass is 314 g/mol. The Balaban J connectivity index is 1.92. The quantitative estimate of drug-likeness (QED) is 0.544. The van der Waals surface area contributed by atoms with Crippen LogP contribution in [0.5, 0.6) is 0 Å². The van der Waals surface area contributed by atoms with Crippen LogP contribution in [0, 0.1) is 0 Å². The first kappa shape index (κ1) is 13.5. The second kappa shape index (κ2) is 5.81. The second-order valence-electron chi connectivity index (χ2n) is 4.66. The number of halogens is 1. The summed E-state index contributed by atoms with van der Waals surface area (Å²) in [5.74, 6) is 6.46. The number of hydrogen-bond acceptors (Lipinski definition) is 6. The molecule has 1 fully saturated rings. The lowest BCUT2D eigenvalue weighted by molar-refractivity contribution is 0.257. The van der Waals surface area contributed by atoms with Gasteiger partial charge in [0.2, 0.25) is 5.95 Å². The summed E-state index contributed by atoms with van der Waals surface area (Å²) in [4.78, 5) is 10.7. The van der Waals surface area contributed by atoms with E-state index in [1.54, 1.807) is 6.20 Å².